The maximum atomic E-state index is 13.0. The third-order valence-corrected chi connectivity index (χ3v) is 6.42. The normalized spacial score (nSPS) is 16.0. The van der Waals surface area contributed by atoms with Gasteiger partial charge in [-0.05, 0) is 55.2 Å². The topological polar surface area (TPSA) is 67.9 Å². The van der Waals surface area contributed by atoms with Gasteiger partial charge in [0, 0.05) is 24.3 Å². The van der Waals surface area contributed by atoms with Crippen LogP contribution in [0.1, 0.15) is 42.9 Å². The molecule has 2 atom stereocenters. The number of ether oxygens (including phenoxy) is 2. The number of nitrogens with zero attached hydrogens (tertiary/aromatic N) is 1. The standard InChI is InChI=1S/C29H32N2O4/c1-4-25(21-10-6-5-7-11-21)28(32)30-24-14-15-27-23(18-24)19-31(29(33)20(2)35-27)17-16-22-12-8-9-13-26(22)34-3/h5-15,18,20,25H,4,16-17,19H2,1-3H3,(H,30,32)/t20-,25-/m1/s1. The monoisotopic (exact) mass is 472 g/mol. The fourth-order valence-electron chi connectivity index (χ4n) is 4.52. The first-order chi connectivity index (χ1) is 17.0. The number of fused-ring (bicyclic) bond motifs is 1. The van der Waals surface area contributed by atoms with Crippen LogP contribution in [-0.4, -0.2) is 36.5 Å². The minimum Gasteiger partial charge on any atom is -0.496 e. The van der Waals surface area contributed by atoms with Crippen LogP contribution in [0.15, 0.2) is 72.8 Å². The number of hydrogen-bond donors (Lipinski definition) is 1. The van der Waals surface area contributed by atoms with E-state index in [2.05, 4.69) is 5.32 Å². The quantitative estimate of drug-likeness (QED) is 0.491. The summed E-state index contributed by atoms with van der Waals surface area (Å²) >= 11 is 0. The molecule has 0 spiro atoms. The molecule has 2 amide bonds. The van der Waals surface area contributed by atoms with E-state index >= 15 is 0 Å². The number of methoxy groups -OCH3 is 1. The molecule has 0 aliphatic carbocycles. The Kier molecular flexibility index (Phi) is 7.70. The van der Waals surface area contributed by atoms with E-state index in [0.717, 1.165) is 22.4 Å². The molecular formula is C29H32N2O4. The van der Waals surface area contributed by atoms with Gasteiger partial charge < -0.3 is 19.7 Å². The maximum absolute atomic E-state index is 13.0. The number of hydrogen-bond acceptors (Lipinski definition) is 4. The fourth-order valence-corrected chi connectivity index (χ4v) is 4.52. The van der Waals surface area contributed by atoms with Crippen molar-refractivity contribution in [2.45, 2.75) is 45.3 Å². The molecule has 182 valence electrons. The van der Waals surface area contributed by atoms with Crippen LogP contribution in [0.2, 0.25) is 0 Å². The van der Waals surface area contributed by atoms with Crippen molar-refractivity contribution < 1.29 is 19.1 Å². The van der Waals surface area contributed by atoms with Crippen LogP contribution in [-0.2, 0) is 22.6 Å². The highest BCUT2D eigenvalue weighted by Gasteiger charge is 2.28. The second kappa shape index (κ2) is 11.1. The summed E-state index contributed by atoms with van der Waals surface area (Å²) in [7, 11) is 1.65. The van der Waals surface area contributed by atoms with Gasteiger partial charge in [-0.1, -0.05) is 55.5 Å². The molecule has 6 nitrogen and oxygen atoms in total. The predicted octanol–water partition coefficient (Wildman–Crippen LogP) is 5.18. The average molecular weight is 473 g/mol. The van der Waals surface area contributed by atoms with Gasteiger partial charge in [-0.15, -0.1) is 0 Å². The molecule has 1 aliphatic heterocycles. The summed E-state index contributed by atoms with van der Waals surface area (Å²) in [5, 5.41) is 3.06. The molecule has 0 radical (unpaired) electrons. The lowest BCUT2D eigenvalue weighted by atomic mass is 9.95. The van der Waals surface area contributed by atoms with Gasteiger partial charge in [0.15, 0.2) is 6.10 Å². The third kappa shape index (κ3) is 5.65. The molecule has 1 heterocycles. The van der Waals surface area contributed by atoms with Crippen LogP contribution < -0.4 is 14.8 Å². The molecule has 3 aromatic carbocycles. The summed E-state index contributed by atoms with van der Waals surface area (Å²) in [6, 6.07) is 23.2. The lowest BCUT2D eigenvalue weighted by molar-refractivity contribution is -0.137. The Balaban J connectivity index is 1.51. The number of rotatable bonds is 8. The summed E-state index contributed by atoms with van der Waals surface area (Å²) in [5.74, 6) is 1.14. The summed E-state index contributed by atoms with van der Waals surface area (Å²) in [6.07, 6.45) is 0.785. The van der Waals surface area contributed by atoms with Gasteiger partial charge >= 0.3 is 0 Å². The molecule has 0 aromatic heterocycles. The van der Waals surface area contributed by atoms with Gasteiger partial charge in [-0.2, -0.15) is 0 Å². The van der Waals surface area contributed by atoms with Gasteiger partial charge in [0.25, 0.3) is 5.91 Å². The van der Waals surface area contributed by atoms with Crippen molar-refractivity contribution >= 4 is 17.5 Å². The van der Waals surface area contributed by atoms with Gasteiger partial charge in [0.1, 0.15) is 11.5 Å². The zero-order chi connectivity index (χ0) is 24.8. The van der Waals surface area contributed by atoms with Gasteiger partial charge in [-0.3, -0.25) is 9.59 Å². The molecule has 0 unspecified atom stereocenters. The van der Waals surface area contributed by atoms with E-state index in [9.17, 15) is 9.59 Å². The molecule has 0 saturated carbocycles. The molecule has 0 fully saturated rings. The maximum Gasteiger partial charge on any atom is 0.263 e. The summed E-state index contributed by atoms with van der Waals surface area (Å²) in [5.41, 5.74) is 3.60. The number of para-hydroxylation sites is 1. The molecule has 3 aromatic rings. The first-order valence-electron chi connectivity index (χ1n) is 12.1. The number of nitrogens with one attached hydrogen (secondary N) is 1. The van der Waals surface area contributed by atoms with E-state index in [4.69, 9.17) is 9.47 Å². The zero-order valence-corrected chi connectivity index (χ0v) is 20.5. The molecule has 0 saturated heterocycles. The van der Waals surface area contributed by atoms with E-state index in [-0.39, 0.29) is 17.7 Å². The van der Waals surface area contributed by atoms with E-state index in [1.165, 1.54) is 0 Å². The highest BCUT2D eigenvalue weighted by molar-refractivity contribution is 5.96. The Labute approximate surface area is 206 Å². The second-order valence-electron chi connectivity index (χ2n) is 8.76. The zero-order valence-electron chi connectivity index (χ0n) is 20.5. The average Bonchev–Trinajstić information content (AvgIpc) is 2.99. The number of carbonyl (C=O) groups excluding carboxylic acids is 2. The number of anilines is 1. The van der Waals surface area contributed by atoms with E-state index in [0.29, 0.717) is 37.4 Å². The predicted molar refractivity (Wildman–Crippen MR) is 137 cm³/mol. The van der Waals surface area contributed by atoms with Crippen LogP contribution in [0.4, 0.5) is 5.69 Å². The smallest absolute Gasteiger partial charge is 0.263 e. The summed E-state index contributed by atoms with van der Waals surface area (Å²) < 4.78 is 11.4. The van der Waals surface area contributed by atoms with Crippen molar-refractivity contribution in [2.24, 2.45) is 0 Å². The fraction of sp³-hybridized carbons (Fsp3) is 0.310. The highest BCUT2D eigenvalue weighted by atomic mass is 16.5. The number of benzene rings is 3. The van der Waals surface area contributed by atoms with Crippen LogP contribution in [0.25, 0.3) is 0 Å². The highest BCUT2D eigenvalue weighted by Crippen LogP contribution is 2.30. The Hall–Kier alpha value is -3.80. The lowest BCUT2D eigenvalue weighted by Gasteiger charge is -2.22. The van der Waals surface area contributed by atoms with Crippen LogP contribution in [0, 0.1) is 0 Å². The van der Waals surface area contributed by atoms with Crippen molar-refractivity contribution in [3.63, 3.8) is 0 Å². The molecule has 35 heavy (non-hydrogen) atoms. The van der Waals surface area contributed by atoms with E-state index in [1.54, 1.807) is 14.0 Å². The Morgan fingerprint density at radius 2 is 1.86 bits per heavy atom. The third-order valence-electron chi connectivity index (χ3n) is 6.42. The van der Waals surface area contributed by atoms with E-state index in [1.807, 2.05) is 84.6 Å². The van der Waals surface area contributed by atoms with Gasteiger partial charge in [0.2, 0.25) is 5.91 Å². The number of amides is 2. The van der Waals surface area contributed by atoms with Crippen LogP contribution in [0.5, 0.6) is 11.5 Å². The molecule has 0 bridgehead atoms. The minimum absolute atomic E-state index is 0.0503. The minimum atomic E-state index is -0.586. The van der Waals surface area contributed by atoms with E-state index < -0.39 is 6.10 Å². The van der Waals surface area contributed by atoms with Gasteiger partial charge in [-0.25, -0.2) is 0 Å². The van der Waals surface area contributed by atoms with Crippen molar-refractivity contribution in [3.05, 3.63) is 89.5 Å². The van der Waals surface area contributed by atoms with Crippen molar-refractivity contribution in [1.82, 2.24) is 4.90 Å². The Bertz CT molecular complexity index is 1180. The molecule has 1 N–H and O–H groups in total. The van der Waals surface area contributed by atoms with Gasteiger partial charge in [0.05, 0.1) is 13.0 Å². The largest absolute Gasteiger partial charge is 0.496 e. The summed E-state index contributed by atoms with van der Waals surface area (Å²) in [6.45, 7) is 4.73. The Morgan fingerprint density at radius 3 is 2.60 bits per heavy atom. The molecular weight excluding hydrogens is 440 g/mol. The van der Waals surface area contributed by atoms with Crippen molar-refractivity contribution in [3.8, 4) is 11.5 Å². The van der Waals surface area contributed by atoms with Crippen molar-refractivity contribution in [1.29, 1.82) is 0 Å². The SMILES string of the molecule is CC[C@@H](C(=O)Nc1ccc2c(c1)CN(CCc1ccccc1OC)C(=O)[C@@H](C)O2)c1ccccc1. The van der Waals surface area contributed by atoms with Crippen LogP contribution in [0.3, 0.4) is 0 Å². The first-order valence-corrected chi connectivity index (χ1v) is 12.1. The molecule has 4 rings (SSSR count). The summed E-state index contributed by atoms with van der Waals surface area (Å²) in [4.78, 5) is 27.9. The second-order valence-corrected chi connectivity index (χ2v) is 8.76. The van der Waals surface area contributed by atoms with Crippen LogP contribution >= 0.6 is 0 Å². The van der Waals surface area contributed by atoms with Crippen molar-refractivity contribution in [2.75, 3.05) is 19.0 Å². The lowest BCUT2D eigenvalue weighted by Crippen LogP contribution is -2.39. The molecule has 1 aliphatic rings. The number of carbonyl (C=O) groups is 2. The first kappa shape index (κ1) is 24.3. The molecule has 6 heteroatoms. The Morgan fingerprint density at radius 1 is 1.11 bits per heavy atom.